The van der Waals surface area contributed by atoms with Crippen molar-refractivity contribution in [2.45, 2.75) is 47.0 Å². The molecule has 0 bridgehead atoms. The number of hydrogen-bond acceptors (Lipinski definition) is 2. The van der Waals surface area contributed by atoms with Crippen LogP contribution in [-0.4, -0.2) is 11.5 Å². The number of halogens is 2. The van der Waals surface area contributed by atoms with Crippen LogP contribution in [0.5, 0.6) is 0 Å². The molecule has 1 aromatic carbocycles. The summed E-state index contributed by atoms with van der Waals surface area (Å²) < 4.78 is 28.8. The largest absolute Gasteiger partial charge is 0.384 e. The zero-order chi connectivity index (χ0) is 15.7. The number of pyridine rings is 1. The number of aryl methyl sites for hydroxylation is 2. The second kappa shape index (κ2) is 5.96. The molecule has 4 heteroatoms. The van der Waals surface area contributed by atoms with Gasteiger partial charge >= 0.3 is 0 Å². The monoisotopic (exact) mass is 292 g/mol. The van der Waals surface area contributed by atoms with Crippen LogP contribution >= 0.6 is 0 Å². The lowest BCUT2D eigenvalue weighted by atomic mass is 9.95. The summed E-state index contributed by atoms with van der Waals surface area (Å²) in [4.78, 5) is 4.31. The van der Waals surface area contributed by atoms with Gasteiger partial charge in [-0.3, -0.25) is 0 Å². The lowest BCUT2D eigenvalue weighted by Crippen LogP contribution is -2.10. The Hall–Kier alpha value is -1.71. The minimum absolute atomic E-state index is 0.110. The van der Waals surface area contributed by atoms with E-state index in [0.29, 0.717) is 17.8 Å². The van der Waals surface area contributed by atoms with Gasteiger partial charge in [0, 0.05) is 12.2 Å². The molecule has 1 N–H and O–H groups in total. The quantitative estimate of drug-likeness (QED) is 0.850. The number of nitrogens with one attached hydrogen (secondary N) is 1. The van der Waals surface area contributed by atoms with Gasteiger partial charge in [-0.1, -0.05) is 20.8 Å². The molecule has 0 amide bonds. The van der Waals surface area contributed by atoms with Crippen molar-refractivity contribution in [2.24, 2.45) is 0 Å². The average molecular weight is 292 g/mol. The molecule has 0 saturated carbocycles. The normalized spacial score (nSPS) is 11.4. The zero-order valence-electron chi connectivity index (χ0n) is 13.3. The van der Waals surface area contributed by atoms with Crippen molar-refractivity contribution in [3.63, 3.8) is 0 Å². The van der Waals surface area contributed by atoms with Gasteiger partial charge in [0.25, 0.3) is 0 Å². The number of fused-ring (bicyclic) bond motifs is 1. The fourth-order valence-corrected chi connectivity index (χ4v) is 2.76. The third-order valence-electron chi connectivity index (χ3n) is 3.69. The standard InChI is InChI=1S/C17H22F2N2/c1-6-7-20-17-13(9(2)3)11(5)21-16-12(18)8-10(4)15(19)14(16)17/h8-9H,6-7H2,1-5H3,(H,20,21). The van der Waals surface area contributed by atoms with Gasteiger partial charge in [0.05, 0.1) is 11.1 Å². The highest BCUT2D eigenvalue weighted by molar-refractivity contribution is 5.95. The fourth-order valence-electron chi connectivity index (χ4n) is 2.76. The third-order valence-corrected chi connectivity index (χ3v) is 3.69. The van der Waals surface area contributed by atoms with Crippen molar-refractivity contribution < 1.29 is 8.78 Å². The number of benzene rings is 1. The lowest BCUT2D eigenvalue weighted by Gasteiger charge is -2.20. The molecule has 0 spiro atoms. The maximum atomic E-state index is 14.6. The van der Waals surface area contributed by atoms with Crippen LogP contribution < -0.4 is 5.32 Å². The molecule has 0 unspecified atom stereocenters. The molecule has 0 saturated heterocycles. The van der Waals surface area contributed by atoms with Crippen LogP contribution in [0.4, 0.5) is 14.5 Å². The van der Waals surface area contributed by atoms with E-state index in [1.54, 1.807) is 6.92 Å². The maximum Gasteiger partial charge on any atom is 0.149 e. The van der Waals surface area contributed by atoms with Gasteiger partial charge in [-0.05, 0) is 43.4 Å². The van der Waals surface area contributed by atoms with Crippen molar-refractivity contribution in [2.75, 3.05) is 11.9 Å². The number of aromatic nitrogens is 1. The Kier molecular flexibility index (Phi) is 4.45. The van der Waals surface area contributed by atoms with Crippen LogP contribution in [0.3, 0.4) is 0 Å². The molecular formula is C17H22F2N2. The average Bonchev–Trinajstić information content (AvgIpc) is 2.41. The van der Waals surface area contributed by atoms with Gasteiger partial charge in [-0.25, -0.2) is 13.8 Å². The van der Waals surface area contributed by atoms with E-state index in [0.717, 1.165) is 17.7 Å². The number of nitrogens with zero attached hydrogens (tertiary/aromatic N) is 1. The van der Waals surface area contributed by atoms with Gasteiger partial charge in [0.1, 0.15) is 17.2 Å². The van der Waals surface area contributed by atoms with Crippen LogP contribution in [-0.2, 0) is 0 Å². The van der Waals surface area contributed by atoms with Crippen molar-refractivity contribution in [3.05, 3.63) is 34.5 Å². The second-order valence-electron chi connectivity index (χ2n) is 5.78. The van der Waals surface area contributed by atoms with Crippen LogP contribution in [0.2, 0.25) is 0 Å². The maximum absolute atomic E-state index is 14.6. The fraction of sp³-hybridized carbons (Fsp3) is 0.471. The molecule has 2 nitrogen and oxygen atoms in total. The first-order valence-electron chi connectivity index (χ1n) is 7.41. The highest BCUT2D eigenvalue weighted by Gasteiger charge is 2.21. The predicted molar refractivity (Wildman–Crippen MR) is 84.0 cm³/mol. The van der Waals surface area contributed by atoms with E-state index in [4.69, 9.17) is 0 Å². The van der Waals surface area contributed by atoms with Crippen LogP contribution in [0.1, 0.15) is 49.9 Å². The number of anilines is 1. The minimum atomic E-state index is -0.471. The van der Waals surface area contributed by atoms with Gasteiger partial charge < -0.3 is 5.32 Å². The molecule has 1 heterocycles. The Morgan fingerprint density at radius 3 is 2.48 bits per heavy atom. The van der Waals surface area contributed by atoms with E-state index in [9.17, 15) is 8.78 Å². The summed E-state index contributed by atoms with van der Waals surface area (Å²) in [5.41, 5.74) is 2.81. The second-order valence-corrected chi connectivity index (χ2v) is 5.78. The van der Waals surface area contributed by atoms with Crippen molar-refractivity contribution >= 4 is 16.6 Å². The Morgan fingerprint density at radius 1 is 1.24 bits per heavy atom. The van der Waals surface area contributed by atoms with Gasteiger partial charge in [0.15, 0.2) is 0 Å². The lowest BCUT2D eigenvalue weighted by molar-refractivity contribution is 0.607. The summed E-state index contributed by atoms with van der Waals surface area (Å²) >= 11 is 0. The molecule has 2 rings (SSSR count). The first kappa shape index (κ1) is 15.7. The van der Waals surface area contributed by atoms with E-state index >= 15 is 0 Å². The molecule has 0 radical (unpaired) electrons. The highest BCUT2D eigenvalue weighted by atomic mass is 19.1. The minimum Gasteiger partial charge on any atom is -0.384 e. The summed E-state index contributed by atoms with van der Waals surface area (Å²) in [5, 5.41) is 3.55. The van der Waals surface area contributed by atoms with Crippen LogP contribution in [0.15, 0.2) is 6.07 Å². The predicted octanol–water partition coefficient (Wildman–Crippen LogP) is 5.08. The molecule has 1 aromatic heterocycles. The molecule has 114 valence electrons. The number of hydrogen-bond donors (Lipinski definition) is 1. The Bertz CT molecular complexity index is 679. The van der Waals surface area contributed by atoms with Crippen molar-refractivity contribution in [1.29, 1.82) is 0 Å². The van der Waals surface area contributed by atoms with E-state index in [1.807, 2.05) is 27.7 Å². The van der Waals surface area contributed by atoms with E-state index in [1.165, 1.54) is 6.07 Å². The molecule has 21 heavy (non-hydrogen) atoms. The topological polar surface area (TPSA) is 24.9 Å². The Labute approximate surface area is 124 Å². The first-order chi connectivity index (χ1) is 9.88. The first-order valence-corrected chi connectivity index (χ1v) is 7.41. The molecule has 0 atom stereocenters. The van der Waals surface area contributed by atoms with E-state index in [2.05, 4.69) is 10.3 Å². The molecule has 0 aliphatic carbocycles. The Morgan fingerprint density at radius 2 is 1.90 bits per heavy atom. The molecule has 0 aliphatic heterocycles. The summed E-state index contributed by atoms with van der Waals surface area (Å²) in [6.07, 6.45) is 0.913. The summed E-state index contributed by atoms with van der Waals surface area (Å²) in [6.45, 7) is 10.3. The highest BCUT2D eigenvalue weighted by Crippen LogP contribution is 2.36. The smallest absolute Gasteiger partial charge is 0.149 e. The van der Waals surface area contributed by atoms with Crippen molar-refractivity contribution in [1.82, 2.24) is 4.98 Å². The van der Waals surface area contributed by atoms with Gasteiger partial charge in [-0.15, -0.1) is 0 Å². The van der Waals surface area contributed by atoms with Crippen LogP contribution in [0.25, 0.3) is 10.9 Å². The van der Waals surface area contributed by atoms with Gasteiger partial charge in [0.2, 0.25) is 0 Å². The van der Waals surface area contributed by atoms with E-state index in [-0.39, 0.29) is 22.6 Å². The van der Waals surface area contributed by atoms with Crippen molar-refractivity contribution in [3.8, 4) is 0 Å². The Balaban J connectivity index is 2.91. The van der Waals surface area contributed by atoms with Crippen LogP contribution in [0, 0.1) is 25.5 Å². The van der Waals surface area contributed by atoms with E-state index < -0.39 is 5.82 Å². The van der Waals surface area contributed by atoms with Gasteiger partial charge in [-0.2, -0.15) is 0 Å². The molecule has 0 fully saturated rings. The summed E-state index contributed by atoms with van der Waals surface area (Å²) in [6, 6.07) is 1.21. The molecule has 2 aromatic rings. The molecular weight excluding hydrogens is 270 g/mol. The molecule has 0 aliphatic rings. The summed E-state index contributed by atoms with van der Waals surface area (Å²) in [7, 11) is 0. The summed E-state index contributed by atoms with van der Waals surface area (Å²) in [5.74, 6) is -0.675. The number of rotatable bonds is 4. The SMILES string of the molecule is CCCNc1c(C(C)C)c(C)nc2c(F)cc(C)c(F)c12. The third kappa shape index (κ3) is 2.71. The zero-order valence-corrected chi connectivity index (χ0v) is 13.3.